The van der Waals surface area contributed by atoms with Gasteiger partial charge in [-0.1, -0.05) is 12.1 Å². The Bertz CT molecular complexity index is 319. The van der Waals surface area contributed by atoms with E-state index in [0.29, 0.717) is 12.2 Å². The maximum absolute atomic E-state index is 11.9. The summed E-state index contributed by atoms with van der Waals surface area (Å²) in [4.78, 5) is 1.08. The molecule has 0 aliphatic rings. The standard InChI is InChI=1S/C11H12FNS/c12-6-8-14-11-5-1-3-10(9-11)4-2-7-13/h1,3,5,9H,2,4,6,8H2. The predicted octanol–water partition coefficient (Wildman–Crippen LogP) is 3.20. The van der Waals surface area contributed by atoms with Crippen LogP contribution in [0.15, 0.2) is 29.2 Å². The normalized spacial score (nSPS) is 9.71. The number of hydrogen-bond donors (Lipinski definition) is 0. The van der Waals surface area contributed by atoms with E-state index >= 15 is 0 Å². The molecule has 0 fully saturated rings. The Morgan fingerprint density at radius 3 is 3.00 bits per heavy atom. The lowest BCUT2D eigenvalue weighted by Gasteiger charge is -2.01. The molecule has 0 aliphatic carbocycles. The van der Waals surface area contributed by atoms with Gasteiger partial charge in [-0.2, -0.15) is 5.26 Å². The number of benzene rings is 1. The van der Waals surface area contributed by atoms with Crippen molar-refractivity contribution in [2.75, 3.05) is 12.4 Å². The number of halogens is 1. The minimum Gasteiger partial charge on any atom is -0.250 e. The Labute approximate surface area is 87.9 Å². The van der Waals surface area contributed by atoms with Crippen molar-refractivity contribution in [3.05, 3.63) is 29.8 Å². The van der Waals surface area contributed by atoms with Crippen molar-refractivity contribution in [3.63, 3.8) is 0 Å². The molecule has 0 spiro atoms. The van der Waals surface area contributed by atoms with Crippen LogP contribution in [0.1, 0.15) is 12.0 Å². The highest BCUT2D eigenvalue weighted by Gasteiger charge is 1.96. The van der Waals surface area contributed by atoms with Gasteiger partial charge in [0.05, 0.1) is 12.7 Å². The highest BCUT2D eigenvalue weighted by atomic mass is 32.2. The minimum absolute atomic E-state index is 0.299. The molecular formula is C11H12FNS. The molecular weight excluding hydrogens is 197 g/mol. The first-order valence-corrected chi connectivity index (χ1v) is 5.50. The zero-order valence-electron chi connectivity index (χ0n) is 7.87. The van der Waals surface area contributed by atoms with Crippen LogP contribution in [0.4, 0.5) is 4.39 Å². The van der Waals surface area contributed by atoms with Crippen LogP contribution in [0, 0.1) is 11.3 Å². The first-order chi connectivity index (χ1) is 6.86. The van der Waals surface area contributed by atoms with Gasteiger partial charge in [0.2, 0.25) is 0 Å². The topological polar surface area (TPSA) is 23.8 Å². The number of aryl methyl sites for hydroxylation is 1. The Kier molecular flexibility index (Phi) is 5.09. The molecule has 14 heavy (non-hydrogen) atoms. The fourth-order valence-corrected chi connectivity index (χ4v) is 1.87. The fraction of sp³-hybridized carbons (Fsp3) is 0.364. The molecule has 1 rings (SSSR count). The van der Waals surface area contributed by atoms with Crippen molar-refractivity contribution in [1.82, 2.24) is 0 Å². The summed E-state index contributed by atoms with van der Waals surface area (Å²) in [6.45, 7) is -0.299. The van der Waals surface area contributed by atoms with Crippen LogP contribution in [0.25, 0.3) is 0 Å². The molecule has 0 amide bonds. The van der Waals surface area contributed by atoms with Crippen molar-refractivity contribution in [2.45, 2.75) is 17.7 Å². The third kappa shape index (κ3) is 3.80. The monoisotopic (exact) mass is 209 g/mol. The van der Waals surface area contributed by atoms with Crippen molar-refractivity contribution >= 4 is 11.8 Å². The fourth-order valence-electron chi connectivity index (χ4n) is 1.15. The van der Waals surface area contributed by atoms with Gasteiger partial charge in [0.15, 0.2) is 0 Å². The Morgan fingerprint density at radius 1 is 1.43 bits per heavy atom. The van der Waals surface area contributed by atoms with E-state index in [1.54, 1.807) is 0 Å². The third-order valence-corrected chi connectivity index (χ3v) is 2.72. The molecule has 0 aromatic heterocycles. The summed E-state index contributed by atoms with van der Waals surface area (Å²) in [7, 11) is 0. The molecule has 0 saturated heterocycles. The first kappa shape index (κ1) is 11.1. The SMILES string of the molecule is N#CCCc1cccc(SCCF)c1. The van der Waals surface area contributed by atoms with Gasteiger partial charge in [-0.15, -0.1) is 11.8 Å². The summed E-state index contributed by atoms with van der Waals surface area (Å²) < 4.78 is 11.9. The van der Waals surface area contributed by atoms with Gasteiger partial charge in [-0.25, -0.2) is 0 Å². The Balaban J connectivity index is 2.55. The van der Waals surface area contributed by atoms with Gasteiger partial charge < -0.3 is 0 Å². The van der Waals surface area contributed by atoms with E-state index in [4.69, 9.17) is 5.26 Å². The lowest BCUT2D eigenvalue weighted by atomic mass is 10.1. The Hall–Kier alpha value is -1.01. The van der Waals surface area contributed by atoms with Gasteiger partial charge in [0.1, 0.15) is 0 Å². The number of nitriles is 1. The summed E-state index contributed by atoms with van der Waals surface area (Å²) in [5.41, 5.74) is 1.15. The molecule has 0 bridgehead atoms. The maximum atomic E-state index is 11.9. The van der Waals surface area contributed by atoms with E-state index in [1.165, 1.54) is 11.8 Å². The summed E-state index contributed by atoms with van der Waals surface area (Å²) in [5, 5.41) is 8.43. The molecule has 0 unspecified atom stereocenters. The molecule has 74 valence electrons. The van der Waals surface area contributed by atoms with E-state index < -0.39 is 0 Å². The summed E-state index contributed by atoms with van der Waals surface area (Å²) >= 11 is 1.51. The minimum atomic E-state index is -0.299. The zero-order chi connectivity index (χ0) is 10.2. The lowest BCUT2D eigenvalue weighted by Crippen LogP contribution is -1.85. The molecule has 0 N–H and O–H groups in total. The van der Waals surface area contributed by atoms with E-state index in [0.717, 1.165) is 16.9 Å². The number of alkyl halides is 1. The molecule has 0 radical (unpaired) electrons. The summed E-state index contributed by atoms with van der Waals surface area (Å²) in [6, 6.07) is 10.1. The van der Waals surface area contributed by atoms with Crippen molar-refractivity contribution in [3.8, 4) is 6.07 Å². The zero-order valence-corrected chi connectivity index (χ0v) is 8.69. The largest absolute Gasteiger partial charge is 0.250 e. The van der Waals surface area contributed by atoms with E-state index in [-0.39, 0.29) is 6.67 Å². The number of rotatable bonds is 5. The summed E-state index contributed by atoms with van der Waals surface area (Å²) in [5.74, 6) is 0.502. The highest BCUT2D eigenvalue weighted by molar-refractivity contribution is 7.99. The second-order valence-corrected chi connectivity index (χ2v) is 4.01. The van der Waals surface area contributed by atoms with Crippen molar-refractivity contribution < 1.29 is 4.39 Å². The van der Waals surface area contributed by atoms with Crippen LogP contribution >= 0.6 is 11.8 Å². The molecule has 0 heterocycles. The van der Waals surface area contributed by atoms with Gasteiger partial charge in [-0.3, -0.25) is 4.39 Å². The van der Waals surface area contributed by atoms with Crippen LogP contribution in [-0.4, -0.2) is 12.4 Å². The van der Waals surface area contributed by atoms with Gasteiger partial charge in [-0.05, 0) is 24.1 Å². The molecule has 1 aromatic carbocycles. The number of hydrogen-bond acceptors (Lipinski definition) is 2. The average molecular weight is 209 g/mol. The predicted molar refractivity (Wildman–Crippen MR) is 57.1 cm³/mol. The highest BCUT2D eigenvalue weighted by Crippen LogP contribution is 2.19. The van der Waals surface area contributed by atoms with Crippen LogP contribution in [-0.2, 0) is 6.42 Å². The number of nitrogens with zero attached hydrogens (tertiary/aromatic N) is 1. The van der Waals surface area contributed by atoms with Crippen molar-refractivity contribution in [1.29, 1.82) is 5.26 Å². The van der Waals surface area contributed by atoms with E-state index in [9.17, 15) is 4.39 Å². The molecule has 1 aromatic rings. The molecule has 0 saturated carbocycles. The first-order valence-electron chi connectivity index (χ1n) is 4.51. The average Bonchev–Trinajstić information content (AvgIpc) is 2.24. The van der Waals surface area contributed by atoms with Crippen LogP contribution in [0.3, 0.4) is 0 Å². The second kappa shape index (κ2) is 6.44. The quantitative estimate of drug-likeness (QED) is 0.695. The van der Waals surface area contributed by atoms with Gasteiger partial charge in [0.25, 0.3) is 0 Å². The molecule has 0 atom stereocenters. The van der Waals surface area contributed by atoms with E-state index in [1.807, 2.05) is 24.3 Å². The second-order valence-electron chi connectivity index (χ2n) is 2.84. The van der Waals surface area contributed by atoms with E-state index in [2.05, 4.69) is 6.07 Å². The lowest BCUT2D eigenvalue weighted by molar-refractivity contribution is 0.533. The van der Waals surface area contributed by atoms with Crippen LogP contribution in [0.5, 0.6) is 0 Å². The molecule has 1 nitrogen and oxygen atoms in total. The van der Waals surface area contributed by atoms with Crippen LogP contribution < -0.4 is 0 Å². The van der Waals surface area contributed by atoms with Gasteiger partial charge >= 0.3 is 0 Å². The van der Waals surface area contributed by atoms with Crippen LogP contribution in [0.2, 0.25) is 0 Å². The Morgan fingerprint density at radius 2 is 2.29 bits per heavy atom. The molecule has 0 aliphatic heterocycles. The number of thioether (sulfide) groups is 1. The maximum Gasteiger partial charge on any atom is 0.0988 e. The third-order valence-electron chi connectivity index (χ3n) is 1.77. The smallest absolute Gasteiger partial charge is 0.0988 e. The molecule has 3 heteroatoms. The van der Waals surface area contributed by atoms with Crippen molar-refractivity contribution in [2.24, 2.45) is 0 Å². The summed E-state index contributed by atoms with van der Waals surface area (Å²) in [6.07, 6.45) is 1.32. The van der Waals surface area contributed by atoms with Gasteiger partial charge in [0, 0.05) is 17.1 Å².